The van der Waals surface area contributed by atoms with E-state index >= 15 is 0 Å². The largest absolute Gasteiger partial charge is 0.442 e. The van der Waals surface area contributed by atoms with Gasteiger partial charge in [-0.2, -0.15) is 0 Å². The van der Waals surface area contributed by atoms with E-state index in [9.17, 15) is 10.1 Å². The summed E-state index contributed by atoms with van der Waals surface area (Å²) in [5.74, 6) is -0.324. The third-order valence-electron chi connectivity index (χ3n) is 3.15. The van der Waals surface area contributed by atoms with Gasteiger partial charge in [0.1, 0.15) is 10.5 Å². The van der Waals surface area contributed by atoms with Gasteiger partial charge in [-0.25, -0.2) is 0 Å². The van der Waals surface area contributed by atoms with Crippen molar-refractivity contribution in [3.05, 3.63) is 64.2 Å². The zero-order chi connectivity index (χ0) is 14.8. The van der Waals surface area contributed by atoms with Gasteiger partial charge in [0.05, 0.1) is 6.21 Å². The van der Waals surface area contributed by atoms with Crippen LogP contribution < -0.4 is 0 Å². The third-order valence-corrected chi connectivity index (χ3v) is 3.15. The lowest BCUT2D eigenvalue weighted by molar-refractivity contribution is -0.400. The highest BCUT2D eigenvalue weighted by molar-refractivity contribution is 6.05. The van der Waals surface area contributed by atoms with Gasteiger partial charge in [-0.3, -0.25) is 10.1 Å². The Labute approximate surface area is 119 Å². The number of fused-ring (bicyclic) bond motifs is 1. The number of furan rings is 1. The first kappa shape index (κ1) is 12.9. The maximum Gasteiger partial charge on any atom is 0.442 e. The summed E-state index contributed by atoms with van der Waals surface area (Å²) in [7, 11) is 0. The molecule has 1 N–H and O–H groups in total. The molecule has 0 fully saturated rings. The van der Waals surface area contributed by atoms with E-state index < -0.39 is 4.92 Å². The fourth-order valence-electron chi connectivity index (χ4n) is 2.30. The molecule has 0 saturated heterocycles. The van der Waals surface area contributed by atoms with Crippen LogP contribution in [0.2, 0.25) is 0 Å². The second-order valence-electron chi connectivity index (χ2n) is 4.37. The minimum Gasteiger partial charge on any atom is -0.411 e. The van der Waals surface area contributed by atoms with E-state index in [0.29, 0.717) is 27.7 Å². The molecule has 0 spiro atoms. The van der Waals surface area contributed by atoms with Gasteiger partial charge in [-0.15, -0.1) is 0 Å². The maximum absolute atomic E-state index is 11.3. The van der Waals surface area contributed by atoms with Gasteiger partial charge in [0.25, 0.3) is 0 Å². The van der Waals surface area contributed by atoms with Gasteiger partial charge in [-0.05, 0) is 11.6 Å². The summed E-state index contributed by atoms with van der Waals surface area (Å²) in [6.45, 7) is 0. The predicted octanol–water partition coefficient (Wildman–Crippen LogP) is 3.82. The van der Waals surface area contributed by atoms with Gasteiger partial charge in [0, 0.05) is 10.9 Å². The Hall–Kier alpha value is -3.15. The van der Waals surface area contributed by atoms with Crippen LogP contribution in [0.1, 0.15) is 5.56 Å². The van der Waals surface area contributed by atoms with Crippen molar-refractivity contribution in [2.45, 2.75) is 0 Å². The van der Waals surface area contributed by atoms with Gasteiger partial charge in [-0.1, -0.05) is 47.6 Å². The second-order valence-corrected chi connectivity index (χ2v) is 4.37. The zero-order valence-corrected chi connectivity index (χ0v) is 10.8. The fourth-order valence-corrected chi connectivity index (χ4v) is 2.30. The summed E-state index contributed by atoms with van der Waals surface area (Å²) >= 11 is 0. The molecule has 6 heteroatoms. The number of para-hydroxylation sites is 1. The number of oxime groups is 1. The zero-order valence-electron chi connectivity index (χ0n) is 10.8. The molecule has 0 aliphatic rings. The number of rotatable bonds is 3. The fraction of sp³-hybridized carbons (Fsp3) is 0. The van der Waals surface area contributed by atoms with Crippen molar-refractivity contribution in [2.75, 3.05) is 0 Å². The van der Waals surface area contributed by atoms with Crippen LogP contribution in [-0.4, -0.2) is 16.3 Å². The molecule has 21 heavy (non-hydrogen) atoms. The molecule has 0 saturated carbocycles. The number of benzene rings is 2. The highest BCUT2D eigenvalue weighted by Crippen LogP contribution is 2.40. The van der Waals surface area contributed by atoms with Crippen LogP contribution in [0.15, 0.2) is 58.1 Å². The van der Waals surface area contributed by atoms with E-state index in [1.165, 1.54) is 6.21 Å². The minimum atomic E-state index is -0.553. The van der Waals surface area contributed by atoms with Crippen LogP contribution in [0.4, 0.5) is 5.88 Å². The van der Waals surface area contributed by atoms with Crippen LogP contribution in [0.25, 0.3) is 22.1 Å². The lowest BCUT2D eigenvalue weighted by Crippen LogP contribution is -1.87. The molecule has 0 atom stereocenters. The van der Waals surface area contributed by atoms with Crippen molar-refractivity contribution in [1.82, 2.24) is 0 Å². The Morgan fingerprint density at radius 1 is 1.14 bits per heavy atom. The summed E-state index contributed by atoms with van der Waals surface area (Å²) in [5, 5.41) is 23.5. The summed E-state index contributed by atoms with van der Waals surface area (Å²) in [6, 6.07) is 14.1. The van der Waals surface area contributed by atoms with Crippen LogP contribution in [-0.2, 0) is 0 Å². The molecule has 1 heterocycles. The molecule has 6 nitrogen and oxygen atoms in total. The van der Waals surface area contributed by atoms with Gasteiger partial charge >= 0.3 is 5.88 Å². The highest BCUT2D eigenvalue weighted by atomic mass is 16.6. The van der Waals surface area contributed by atoms with Crippen molar-refractivity contribution in [3.8, 4) is 11.1 Å². The average molecular weight is 282 g/mol. The van der Waals surface area contributed by atoms with Gasteiger partial charge in [0.15, 0.2) is 5.58 Å². The molecule has 3 rings (SSSR count). The molecule has 3 aromatic rings. The SMILES string of the molecule is O=[N+]([O-])c1oc2c(/C=N\O)cccc2c1-c1ccccc1. The van der Waals surface area contributed by atoms with E-state index in [0.717, 1.165) is 0 Å². The molecule has 0 bridgehead atoms. The van der Waals surface area contributed by atoms with Gasteiger partial charge < -0.3 is 9.62 Å². The Kier molecular flexibility index (Phi) is 3.12. The Morgan fingerprint density at radius 3 is 2.57 bits per heavy atom. The van der Waals surface area contributed by atoms with Crippen molar-refractivity contribution in [3.63, 3.8) is 0 Å². The first-order chi connectivity index (χ1) is 10.2. The molecule has 0 amide bonds. The summed E-state index contributed by atoms with van der Waals surface area (Å²) < 4.78 is 5.40. The van der Waals surface area contributed by atoms with Crippen molar-refractivity contribution in [1.29, 1.82) is 0 Å². The van der Waals surface area contributed by atoms with Crippen molar-refractivity contribution in [2.24, 2.45) is 5.16 Å². The second kappa shape index (κ2) is 5.09. The lowest BCUT2D eigenvalue weighted by atomic mass is 10.0. The van der Waals surface area contributed by atoms with Crippen molar-refractivity contribution < 1.29 is 14.5 Å². The normalized spacial score (nSPS) is 11.2. The van der Waals surface area contributed by atoms with E-state index in [2.05, 4.69) is 5.16 Å². The molecule has 0 aliphatic heterocycles. The van der Waals surface area contributed by atoms with Gasteiger partial charge in [0.2, 0.25) is 0 Å². The monoisotopic (exact) mass is 282 g/mol. The quantitative estimate of drug-likeness (QED) is 0.342. The first-order valence-electron chi connectivity index (χ1n) is 6.15. The molecule has 0 unspecified atom stereocenters. The van der Waals surface area contributed by atoms with E-state index in [-0.39, 0.29) is 5.88 Å². The maximum atomic E-state index is 11.3. The average Bonchev–Trinajstić information content (AvgIpc) is 2.89. The van der Waals surface area contributed by atoms with Crippen molar-refractivity contribution >= 4 is 23.1 Å². The Balaban J connectivity index is 2.39. The standard InChI is InChI=1S/C15H10N2O4/c18-16-9-11-7-4-8-12-13(10-5-2-1-3-6-10)15(17(19)20)21-14(11)12/h1-9,18H/b16-9-. The minimum absolute atomic E-state index is 0.320. The predicted molar refractivity (Wildman–Crippen MR) is 77.7 cm³/mol. The summed E-state index contributed by atoms with van der Waals surface area (Å²) in [4.78, 5) is 10.7. The lowest BCUT2D eigenvalue weighted by Gasteiger charge is -1.98. The molecule has 104 valence electrons. The molecular formula is C15H10N2O4. The first-order valence-corrected chi connectivity index (χ1v) is 6.15. The number of nitrogens with zero attached hydrogens (tertiary/aromatic N) is 2. The topological polar surface area (TPSA) is 88.9 Å². The molecular weight excluding hydrogens is 272 g/mol. The van der Waals surface area contributed by atoms with E-state index in [1.54, 1.807) is 42.5 Å². The van der Waals surface area contributed by atoms with E-state index in [1.807, 2.05) is 6.07 Å². The number of hydrogen-bond donors (Lipinski definition) is 1. The molecule has 2 aromatic carbocycles. The Bertz CT molecular complexity index is 838. The molecule has 0 radical (unpaired) electrons. The summed E-state index contributed by atoms with van der Waals surface area (Å²) in [5.41, 5.74) is 1.91. The van der Waals surface area contributed by atoms with Crippen LogP contribution >= 0.6 is 0 Å². The smallest absolute Gasteiger partial charge is 0.411 e. The highest BCUT2D eigenvalue weighted by Gasteiger charge is 2.26. The molecule has 1 aromatic heterocycles. The summed E-state index contributed by atoms with van der Waals surface area (Å²) in [6.07, 6.45) is 1.18. The van der Waals surface area contributed by atoms with E-state index in [4.69, 9.17) is 9.62 Å². The van der Waals surface area contributed by atoms with Crippen LogP contribution in [0, 0.1) is 10.1 Å². The molecule has 0 aliphatic carbocycles. The number of nitro groups is 1. The van der Waals surface area contributed by atoms with Crippen LogP contribution in [0.5, 0.6) is 0 Å². The third kappa shape index (κ3) is 2.12. The van der Waals surface area contributed by atoms with Crippen LogP contribution in [0.3, 0.4) is 0 Å². The Morgan fingerprint density at radius 2 is 1.90 bits per heavy atom. The number of hydrogen-bond acceptors (Lipinski definition) is 5.